The number of pyridine rings is 1. The maximum atomic E-state index is 4.87. The molecule has 8 rings (SSSR count). The van der Waals surface area contributed by atoms with Crippen molar-refractivity contribution in [2.24, 2.45) is 0 Å². The molecular formula is C35H22N2S. The predicted molar refractivity (Wildman–Crippen MR) is 162 cm³/mol. The van der Waals surface area contributed by atoms with E-state index in [9.17, 15) is 0 Å². The number of benzene rings is 5. The Balaban J connectivity index is 1.48. The molecule has 178 valence electrons. The summed E-state index contributed by atoms with van der Waals surface area (Å²) in [4.78, 5) is 4.87. The molecule has 3 heteroatoms. The Bertz CT molecular complexity index is 2060. The minimum atomic E-state index is 1.03. The molecule has 0 N–H and O–H groups in total. The summed E-state index contributed by atoms with van der Waals surface area (Å²) >= 11 is 1.86. The summed E-state index contributed by atoms with van der Waals surface area (Å²) in [6.45, 7) is 0. The third-order valence-corrected chi connectivity index (χ3v) is 8.54. The van der Waals surface area contributed by atoms with E-state index in [1.165, 1.54) is 53.3 Å². The summed E-state index contributed by atoms with van der Waals surface area (Å²) in [5, 5.41) is 3.79. The molecule has 0 bridgehead atoms. The van der Waals surface area contributed by atoms with Gasteiger partial charge >= 0.3 is 0 Å². The normalized spacial score (nSPS) is 11.7. The number of thiophene rings is 1. The zero-order chi connectivity index (χ0) is 25.1. The first kappa shape index (κ1) is 21.4. The molecule has 2 nitrogen and oxygen atoms in total. The zero-order valence-corrected chi connectivity index (χ0v) is 21.3. The summed E-state index contributed by atoms with van der Waals surface area (Å²) in [6.07, 6.45) is 1.90. The van der Waals surface area contributed by atoms with E-state index in [0.717, 1.165) is 16.7 Å². The molecule has 0 spiro atoms. The Morgan fingerprint density at radius 2 is 1.16 bits per heavy atom. The van der Waals surface area contributed by atoms with Gasteiger partial charge in [-0.25, -0.2) is 0 Å². The fourth-order valence-corrected chi connectivity index (χ4v) is 6.78. The topological polar surface area (TPSA) is 17.8 Å². The van der Waals surface area contributed by atoms with E-state index in [1.807, 2.05) is 23.6 Å². The highest BCUT2D eigenvalue weighted by atomic mass is 32.1. The SMILES string of the molecule is c1ccc(-c2cc(-c3ccccc3)cc(-n3c4cc5sc6ccccc6c5cc4c4ncccc43)c2)cc1. The third kappa shape index (κ3) is 3.29. The lowest BCUT2D eigenvalue weighted by Gasteiger charge is -2.14. The highest BCUT2D eigenvalue weighted by molar-refractivity contribution is 7.25. The average Bonchev–Trinajstić information content (AvgIpc) is 3.51. The first-order chi connectivity index (χ1) is 18.8. The van der Waals surface area contributed by atoms with Gasteiger partial charge < -0.3 is 4.57 Å². The van der Waals surface area contributed by atoms with Crippen molar-refractivity contribution in [3.05, 3.63) is 134 Å². The van der Waals surface area contributed by atoms with Crippen molar-refractivity contribution in [2.75, 3.05) is 0 Å². The van der Waals surface area contributed by atoms with Crippen LogP contribution in [0.4, 0.5) is 0 Å². The van der Waals surface area contributed by atoms with Gasteiger partial charge in [-0.15, -0.1) is 11.3 Å². The number of rotatable bonds is 3. The zero-order valence-electron chi connectivity index (χ0n) is 20.5. The third-order valence-electron chi connectivity index (χ3n) is 7.41. The lowest BCUT2D eigenvalue weighted by molar-refractivity contribution is 1.18. The van der Waals surface area contributed by atoms with Crippen molar-refractivity contribution in [2.45, 2.75) is 0 Å². The molecule has 0 fully saturated rings. The molecule has 0 unspecified atom stereocenters. The number of hydrogen-bond donors (Lipinski definition) is 0. The molecule has 0 amide bonds. The Labute approximate surface area is 224 Å². The van der Waals surface area contributed by atoms with Crippen molar-refractivity contribution < 1.29 is 0 Å². The van der Waals surface area contributed by atoms with Crippen LogP contribution >= 0.6 is 11.3 Å². The highest BCUT2D eigenvalue weighted by Gasteiger charge is 2.17. The van der Waals surface area contributed by atoms with E-state index in [4.69, 9.17) is 4.98 Å². The molecule has 5 aromatic carbocycles. The monoisotopic (exact) mass is 502 g/mol. The Kier molecular flexibility index (Phi) is 4.73. The van der Waals surface area contributed by atoms with Crippen LogP contribution in [0.15, 0.2) is 134 Å². The average molecular weight is 503 g/mol. The van der Waals surface area contributed by atoms with Crippen molar-refractivity contribution in [3.63, 3.8) is 0 Å². The maximum Gasteiger partial charge on any atom is 0.0963 e. The van der Waals surface area contributed by atoms with E-state index in [-0.39, 0.29) is 0 Å². The molecule has 0 aliphatic heterocycles. The second-order valence-electron chi connectivity index (χ2n) is 9.67. The minimum Gasteiger partial charge on any atom is -0.308 e. The van der Waals surface area contributed by atoms with Crippen LogP contribution in [0, 0.1) is 0 Å². The van der Waals surface area contributed by atoms with E-state index in [1.54, 1.807) is 0 Å². The van der Waals surface area contributed by atoms with Crippen molar-refractivity contribution in [1.82, 2.24) is 9.55 Å². The number of nitrogens with zero attached hydrogens (tertiary/aromatic N) is 2. The van der Waals surface area contributed by atoms with Crippen LogP contribution in [-0.4, -0.2) is 9.55 Å². The molecule has 3 heterocycles. The van der Waals surface area contributed by atoms with Gasteiger partial charge in [-0.1, -0.05) is 78.9 Å². The largest absolute Gasteiger partial charge is 0.308 e. The van der Waals surface area contributed by atoms with E-state index >= 15 is 0 Å². The lowest BCUT2D eigenvalue weighted by atomic mass is 9.98. The Morgan fingerprint density at radius 3 is 1.89 bits per heavy atom. The van der Waals surface area contributed by atoms with Gasteiger partial charge in [0.15, 0.2) is 0 Å². The van der Waals surface area contributed by atoms with Crippen molar-refractivity contribution in [3.8, 4) is 27.9 Å². The molecule has 0 saturated carbocycles. The summed E-state index contributed by atoms with van der Waals surface area (Å²) < 4.78 is 5.00. The van der Waals surface area contributed by atoms with E-state index in [2.05, 4.69) is 126 Å². The molecular weight excluding hydrogens is 480 g/mol. The summed E-state index contributed by atoms with van der Waals surface area (Å²) in [6, 6.07) is 45.8. The Hall–Kier alpha value is -4.73. The first-order valence-electron chi connectivity index (χ1n) is 12.8. The summed E-state index contributed by atoms with van der Waals surface area (Å²) in [5.74, 6) is 0. The number of fused-ring (bicyclic) bond motifs is 6. The molecule has 0 saturated heterocycles. The first-order valence-corrected chi connectivity index (χ1v) is 13.6. The van der Waals surface area contributed by atoms with Crippen molar-refractivity contribution in [1.29, 1.82) is 0 Å². The quantitative estimate of drug-likeness (QED) is 0.235. The molecule has 0 aliphatic rings. The summed E-state index contributed by atoms with van der Waals surface area (Å²) in [7, 11) is 0. The van der Waals surface area contributed by atoms with Gasteiger partial charge in [-0.2, -0.15) is 0 Å². The van der Waals surface area contributed by atoms with Crippen LogP contribution in [0.3, 0.4) is 0 Å². The molecule has 0 atom stereocenters. The Morgan fingerprint density at radius 1 is 0.474 bits per heavy atom. The van der Waals surface area contributed by atoms with Crippen LogP contribution in [-0.2, 0) is 0 Å². The van der Waals surface area contributed by atoms with Crippen LogP contribution < -0.4 is 0 Å². The van der Waals surface area contributed by atoms with Crippen LogP contribution in [0.1, 0.15) is 0 Å². The van der Waals surface area contributed by atoms with Crippen LogP contribution in [0.5, 0.6) is 0 Å². The molecule has 0 aliphatic carbocycles. The van der Waals surface area contributed by atoms with Crippen LogP contribution in [0.25, 0.3) is 70.0 Å². The van der Waals surface area contributed by atoms with E-state index < -0.39 is 0 Å². The second-order valence-corrected chi connectivity index (χ2v) is 10.8. The lowest BCUT2D eigenvalue weighted by Crippen LogP contribution is -1.96. The molecule has 38 heavy (non-hydrogen) atoms. The van der Waals surface area contributed by atoms with Gasteiger partial charge in [0.1, 0.15) is 0 Å². The number of aromatic nitrogens is 2. The standard InChI is InChI=1S/C35H22N2S/c1-3-10-23(11-4-1)25-18-26(24-12-5-2-6-13-24)20-27(19-25)37-31-15-9-17-36-35(31)30-21-29-28-14-7-8-16-33(28)38-34(29)22-32(30)37/h1-22H. The second kappa shape index (κ2) is 8.41. The minimum absolute atomic E-state index is 1.03. The maximum absolute atomic E-state index is 4.87. The van der Waals surface area contributed by atoms with Gasteiger partial charge in [0.2, 0.25) is 0 Å². The van der Waals surface area contributed by atoms with Gasteiger partial charge in [0.25, 0.3) is 0 Å². The molecule has 8 aromatic rings. The fourth-order valence-electron chi connectivity index (χ4n) is 5.66. The van der Waals surface area contributed by atoms with Gasteiger partial charge in [-0.3, -0.25) is 4.98 Å². The number of hydrogen-bond acceptors (Lipinski definition) is 2. The van der Waals surface area contributed by atoms with Crippen molar-refractivity contribution >= 4 is 53.4 Å². The van der Waals surface area contributed by atoms with Gasteiger partial charge in [-0.05, 0) is 70.8 Å². The van der Waals surface area contributed by atoms with Crippen LogP contribution in [0.2, 0.25) is 0 Å². The highest BCUT2D eigenvalue weighted by Crippen LogP contribution is 2.41. The molecule has 0 radical (unpaired) electrons. The van der Waals surface area contributed by atoms with Gasteiger partial charge in [0.05, 0.1) is 16.6 Å². The predicted octanol–water partition coefficient (Wildman–Crippen LogP) is 9.88. The molecule has 3 aromatic heterocycles. The smallest absolute Gasteiger partial charge is 0.0963 e. The summed E-state index contributed by atoms with van der Waals surface area (Å²) in [5.41, 5.74) is 9.28. The van der Waals surface area contributed by atoms with Gasteiger partial charge in [0, 0.05) is 37.4 Å². The fraction of sp³-hybridized carbons (Fsp3) is 0. The van der Waals surface area contributed by atoms with E-state index in [0.29, 0.717) is 0 Å².